The highest BCUT2D eigenvalue weighted by atomic mass is 35.5. The van der Waals surface area contributed by atoms with E-state index in [2.05, 4.69) is 10.1 Å². The van der Waals surface area contributed by atoms with Crippen LogP contribution in [0.15, 0.2) is 77.6 Å². The Morgan fingerprint density at radius 3 is 2.57 bits per heavy atom. The van der Waals surface area contributed by atoms with Gasteiger partial charge in [0.25, 0.3) is 0 Å². The van der Waals surface area contributed by atoms with Crippen molar-refractivity contribution in [2.45, 2.75) is 13.0 Å². The van der Waals surface area contributed by atoms with E-state index in [-0.39, 0.29) is 6.61 Å². The molecule has 4 nitrogen and oxygen atoms in total. The molecule has 4 rings (SSSR count). The van der Waals surface area contributed by atoms with E-state index < -0.39 is 0 Å². The van der Waals surface area contributed by atoms with Crippen LogP contribution in [0, 0.1) is 0 Å². The van der Waals surface area contributed by atoms with Gasteiger partial charge in [0, 0.05) is 35.0 Å². The SMILES string of the molecule is Clc1ccc(-c2noc(COc3ccccc3)c2Cc2cccnc2)c(Cl)c1. The van der Waals surface area contributed by atoms with E-state index in [0.717, 1.165) is 22.4 Å². The van der Waals surface area contributed by atoms with E-state index in [4.69, 9.17) is 32.5 Å². The molecule has 0 unspecified atom stereocenters. The number of hydrogen-bond donors (Lipinski definition) is 0. The summed E-state index contributed by atoms with van der Waals surface area (Å²) in [6.07, 6.45) is 4.16. The molecule has 0 N–H and O–H groups in total. The Bertz CT molecular complexity index is 1070. The molecule has 28 heavy (non-hydrogen) atoms. The fourth-order valence-corrected chi connectivity index (χ4v) is 3.40. The van der Waals surface area contributed by atoms with Crippen molar-refractivity contribution in [2.75, 3.05) is 0 Å². The van der Waals surface area contributed by atoms with Gasteiger partial charge in [0.15, 0.2) is 5.76 Å². The molecule has 0 aliphatic rings. The van der Waals surface area contributed by atoms with Gasteiger partial charge >= 0.3 is 0 Å². The zero-order valence-corrected chi connectivity index (χ0v) is 16.3. The fraction of sp³-hybridized carbons (Fsp3) is 0.0909. The van der Waals surface area contributed by atoms with Gasteiger partial charge in [-0.05, 0) is 42.0 Å². The van der Waals surface area contributed by atoms with E-state index in [1.54, 1.807) is 18.3 Å². The largest absolute Gasteiger partial charge is 0.486 e. The van der Waals surface area contributed by atoms with E-state index in [1.165, 1.54) is 0 Å². The second-order valence-corrected chi connectivity index (χ2v) is 7.04. The topological polar surface area (TPSA) is 48.2 Å². The Morgan fingerprint density at radius 2 is 1.82 bits per heavy atom. The van der Waals surface area contributed by atoms with Crippen LogP contribution < -0.4 is 4.74 Å². The lowest BCUT2D eigenvalue weighted by Crippen LogP contribution is -2.00. The van der Waals surface area contributed by atoms with Gasteiger partial charge in [-0.3, -0.25) is 4.98 Å². The molecule has 0 spiro atoms. The maximum Gasteiger partial charge on any atom is 0.178 e. The van der Waals surface area contributed by atoms with E-state index >= 15 is 0 Å². The summed E-state index contributed by atoms with van der Waals surface area (Å²) >= 11 is 12.5. The molecule has 0 radical (unpaired) electrons. The molecular formula is C22H16Cl2N2O2. The zero-order chi connectivity index (χ0) is 19.3. The summed E-state index contributed by atoms with van der Waals surface area (Å²) in [7, 11) is 0. The first kappa shape index (κ1) is 18.5. The zero-order valence-electron chi connectivity index (χ0n) is 14.8. The number of ether oxygens (including phenoxy) is 1. The lowest BCUT2D eigenvalue weighted by Gasteiger charge is -2.08. The molecule has 140 valence electrons. The molecule has 0 bridgehead atoms. The molecule has 0 saturated carbocycles. The van der Waals surface area contributed by atoms with Crippen molar-refractivity contribution in [3.63, 3.8) is 0 Å². The van der Waals surface area contributed by atoms with E-state index in [9.17, 15) is 0 Å². The predicted octanol–water partition coefficient (Wildman–Crippen LogP) is 6.21. The van der Waals surface area contributed by atoms with E-state index in [0.29, 0.717) is 27.9 Å². The minimum atomic E-state index is 0.262. The number of benzene rings is 2. The summed E-state index contributed by atoms with van der Waals surface area (Å²) in [6, 6.07) is 18.8. The van der Waals surface area contributed by atoms with Gasteiger partial charge in [0.05, 0.1) is 5.02 Å². The number of pyridine rings is 1. The molecule has 0 fully saturated rings. The van der Waals surface area contributed by atoms with Crippen LogP contribution >= 0.6 is 23.2 Å². The normalized spacial score (nSPS) is 10.8. The molecule has 2 aromatic heterocycles. The maximum atomic E-state index is 6.41. The minimum absolute atomic E-state index is 0.262. The molecule has 0 amide bonds. The molecule has 0 aliphatic heterocycles. The second-order valence-electron chi connectivity index (χ2n) is 6.20. The lowest BCUT2D eigenvalue weighted by atomic mass is 10.00. The number of para-hydroxylation sites is 1. The van der Waals surface area contributed by atoms with Gasteiger partial charge < -0.3 is 9.26 Å². The molecule has 2 aromatic carbocycles. The first-order valence-corrected chi connectivity index (χ1v) is 9.46. The summed E-state index contributed by atoms with van der Waals surface area (Å²) in [5, 5.41) is 5.37. The number of nitrogens with zero attached hydrogens (tertiary/aromatic N) is 2. The summed E-state index contributed by atoms with van der Waals surface area (Å²) in [5.41, 5.74) is 3.39. The monoisotopic (exact) mass is 410 g/mol. The highest BCUT2D eigenvalue weighted by Gasteiger charge is 2.20. The van der Waals surface area contributed by atoms with Crippen molar-refractivity contribution in [2.24, 2.45) is 0 Å². The van der Waals surface area contributed by atoms with Gasteiger partial charge in [-0.25, -0.2) is 0 Å². The average Bonchev–Trinajstić information content (AvgIpc) is 3.10. The third-order valence-corrected chi connectivity index (χ3v) is 4.82. The van der Waals surface area contributed by atoms with E-state index in [1.807, 2.05) is 54.7 Å². The average molecular weight is 411 g/mol. The van der Waals surface area contributed by atoms with Crippen LogP contribution in [-0.4, -0.2) is 10.1 Å². The van der Waals surface area contributed by atoms with Crippen molar-refractivity contribution in [1.29, 1.82) is 0 Å². The Balaban J connectivity index is 1.70. The number of rotatable bonds is 6. The van der Waals surface area contributed by atoms with Gasteiger partial charge in [0.2, 0.25) is 0 Å². The highest BCUT2D eigenvalue weighted by molar-refractivity contribution is 6.36. The molecule has 4 aromatic rings. The Labute approximate surface area is 172 Å². The van der Waals surface area contributed by atoms with Crippen LogP contribution in [0.5, 0.6) is 5.75 Å². The van der Waals surface area contributed by atoms with Gasteiger partial charge in [-0.2, -0.15) is 0 Å². The molecule has 0 atom stereocenters. The number of halogens is 2. The van der Waals surface area contributed by atoms with Gasteiger partial charge in [-0.15, -0.1) is 0 Å². The molecule has 0 aliphatic carbocycles. The number of hydrogen-bond acceptors (Lipinski definition) is 4. The van der Waals surface area contributed by atoms with Gasteiger partial charge in [-0.1, -0.05) is 52.6 Å². The van der Waals surface area contributed by atoms with Crippen molar-refractivity contribution < 1.29 is 9.26 Å². The number of aromatic nitrogens is 2. The van der Waals surface area contributed by atoms with Crippen LogP contribution in [0.4, 0.5) is 0 Å². The Morgan fingerprint density at radius 1 is 0.964 bits per heavy atom. The van der Waals surface area contributed by atoms with Crippen molar-refractivity contribution in [1.82, 2.24) is 10.1 Å². The molecule has 6 heteroatoms. The first-order valence-electron chi connectivity index (χ1n) is 8.70. The van der Waals surface area contributed by atoms with Crippen LogP contribution in [0.1, 0.15) is 16.9 Å². The fourth-order valence-electron chi connectivity index (χ4n) is 2.90. The first-order chi connectivity index (χ1) is 13.7. The minimum Gasteiger partial charge on any atom is -0.486 e. The molecule has 0 saturated heterocycles. The summed E-state index contributed by atoms with van der Waals surface area (Å²) < 4.78 is 11.5. The third kappa shape index (κ3) is 4.19. The lowest BCUT2D eigenvalue weighted by molar-refractivity contribution is 0.248. The van der Waals surface area contributed by atoms with Crippen molar-refractivity contribution in [3.05, 3.63) is 100.0 Å². The maximum absolute atomic E-state index is 6.41. The third-order valence-electron chi connectivity index (χ3n) is 4.27. The summed E-state index contributed by atoms with van der Waals surface area (Å²) in [5.74, 6) is 1.41. The second kappa shape index (κ2) is 8.46. The van der Waals surface area contributed by atoms with Gasteiger partial charge in [0.1, 0.15) is 18.1 Å². The summed E-state index contributed by atoms with van der Waals surface area (Å²) in [4.78, 5) is 4.19. The Hall–Kier alpha value is -2.82. The van der Waals surface area contributed by atoms with Crippen LogP contribution in [0.25, 0.3) is 11.3 Å². The summed E-state index contributed by atoms with van der Waals surface area (Å²) in [6.45, 7) is 0.262. The smallest absolute Gasteiger partial charge is 0.178 e. The molecule has 2 heterocycles. The highest BCUT2D eigenvalue weighted by Crippen LogP contribution is 2.34. The van der Waals surface area contributed by atoms with Crippen LogP contribution in [0.2, 0.25) is 10.0 Å². The van der Waals surface area contributed by atoms with Crippen molar-refractivity contribution in [3.8, 4) is 17.0 Å². The standard InChI is InChI=1S/C22H16Cl2N2O2/c23-16-8-9-18(20(24)12-16)22-19(11-15-5-4-10-25-13-15)21(28-26-22)14-27-17-6-2-1-3-7-17/h1-10,12-13H,11,14H2. The molecular weight excluding hydrogens is 395 g/mol. The van der Waals surface area contributed by atoms with Crippen molar-refractivity contribution >= 4 is 23.2 Å². The quantitative estimate of drug-likeness (QED) is 0.378. The van der Waals surface area contributed by atoms with Crippen LogP contribution in [-0.2, 0) is 13.0 Å². The van der Waals surface area contributed by atoms with Crippen LogP contribution in [0.3, 0.4) is 0 Å². The Kier molecular flexibility index (Phi) is 5.60. The predicted molar refractivity (Wildman–Crippen MR) is 110 cm³/mol.